The molecule has 34 heavy (non-hydrogen) atoms. The molecule has 0 saturated heterocycles. The van der Waals surface area contributed by atoms with Crippen molar-refractivity contribution in [1.82, 2.24) is 0 Å². The van der Waals surface area contributed by atoms with Crippen LogP contribution < -0.4 is 11.5 Å². The van der Waals surface area contributed by atoms with Gasteiger partial charge in [-0.05, 0) is 112 Å². The minimum Gasteiger partial charge on any atom is -0.394 e. The summed E-state index contributed by atoms with van der Waals surface area (Å²) in [5.74, 6) is 2.16. The standard InChI is InChI=1S/C28H49N3O3/c1-20(19-31-34-16-14-30)17-22-7-12-28(32)25-6-5-21-18-23(33-15-4-13-29)8-10-26(21,2)24(25)9-11-27(22,28)3/h17,19,21-25,32H,4-16,18,29-30H2,1-3H3/b20-17+,31-19+/t21-,22-,23+,24+,25-,26+,27-,28+/m1/s1. The van der Waals surface area contributed by atoms with Crippen LogP contribution in [0.25, 0.3) is 0 Å². The fraction of sp³-hybridized carbons (Fsp3) is 0.893. The molecule has 5 N–H and O–H groups in total. The summed E-state index contributed by atoms with van der Waals surface area (Å²) < 4.78 is 6.19. The van der Waals surface area contributed by atoms with Crippen LogP contribution in [0.1, 0.15) is 85.0 Å². The van der Waals surface area contributed by atoms with Gasteiger partial charge in [0.1, 0.15) is 6.61 Å². The number of nitrogens with zero attached hydrogens (tertiary/aromatic N) is 1. The first-order valence-corrected chi connectivity index (χ1v) is 13.9. The second kappa shape index (κ2) is 10.6. The second-order valence-corrected chi connectivity index (χ2v) is 12.2. The summed E-state index contributed by atoms with van der Waals surface area (Å²) in [6, 6.07) is 0. The van der Waals surface area contributed by atoms with E-state index in [1.54, 1.807) is 6.21 Å². The lowest BCUT2D eigenvalue weighted by Gasteiger charge is -2.63. The Morgan fingerprint density at radius 2 is 1.82 bits per heavy atom. The Morgan fingerprint density at radius 3 is 2.59 bits per heavy atom. The van der Waals surface area contributed by atoms with Crippen molar-refractivity contribution in [2.75, 3.05) is 26.3 Å². The third-order valence-corrected chi connectivity index (χ3v) is 10.6. The van der Waals surface area contributed by atoms with Crippen molar-refractivity contribution < 1.29 is 14.7 Å². The summed E-state index contributed by atoms with van der Waals surface area (Å²) in [5, 5.41) is 16.4. The zero-order valence-corrected chi connectivity index (χ0v) is 21.8. The molecular formula is C28H49N3O3. The number of hydrogen-bond donors (Lipinski definition) is 3. The molecule has 0 aromatic carbocycles. The molecular weight excluding hydrogens is 426 g/mol. The van der Waals surface area contributed by atoms with Crippen molar-refractivity contribution in [1.29, 1.82) is 0 Å². The van der Waals surface area contributed by atoms with E-state index in [0.29, 0.717) is 49.0 Å². The molecule has 8 atom stereocenters. The zero-order valence-electron chi connectivity index (χ0n) is 21.8. The Labute approximate surface area is 206 Å². The molecule has 4 aliphatic rings. The highest BCUT2D eigenvalue weighted by Gasteiger charge is 2.66. The third kappa shape index (κ3) is 4.60. The summed E-state index contributed by atoms with van der Waals surface area (Å²) in [6.45, 7) is 9.41. The summed E-state index contributed by atoms with van der Waals surface area (Å²) in [5.41, 5.74) is 11.9. The van der Waals surface area contributed by atoms with E-state index in [1.165, 1.54) is 25.7 Å². The van der Waals surface area contributed by atoms with Crippen molar-refractivity contribution in [3.63, 3.8) is 0 Å². The van der Waals surface area contributed by atoms with E-state index < -0.39 is 5.60 Å². The Bertz CT molecular complexity index is 757. The van der Waals surface area contributed by atoms with Gasteiger partial charge >= 0.3 is 0 Å². The Hall–Kier alpha value is -0.950. The van der Waals surface area contributed by atoms with Gasteiger partial charge in [-0.3, -0.25) is 0 Å². The van der Waals surface area contributed by atoms with Crippen LogP contribution >= 0.6 is 0 Å². The number of nitrogens with two attached hydrogens (primary N) is 2. The number of rotatable bonds is 9. The molecule has 6 heteroatoms. The number of aliphatic hydroxyl groups is 1. The lowest BCUT2D eigenvalue weighted by atomic mass is 9.43. The molecule has 0 aliphatic heterocycles. The van der Waals surface area contributed by atoms with Crippen molar-refractivity contribution in [3.05, 3.63) is 11.6 Å². The molecule has 4 fully saturated rings. The summed E-state index contributed by atoms with van der Waals surface area (Å²) in [4.78, 5) is 5.18. The van der Waals surface area contributed by atoms with Gasteiger partial charge in [-0.25, -0.2) is 0 Å². The van der Waals surface area contributed by atoms with E-state index in [9.17, 15) is 5.11 Å². The van der Waals surface area contributed by atoms with E-state index in [4.69, 9.17) is 21.0 Å². The molecule has 0 radical (unpaired) electrons. The highest BCUT2D eigenvalue weighted by molar-refractivity contribution is 5.77. The Balaban J connectivity index is 1.46. The molecule has 4 saturated carbocycles. The SMILES string of the molecule is CC(/C=N/OCCN)=C\[C@H]1CC[C@]2(O)[C@@H]3CC[C@@H]4C[C@@H](OCCCN)CC[C@]4(C)[C@H]3CC[C@]12C. The van der Waals surface area contributed by atoms with Gasteiger partial charge in [0.2, 0.25) is 0 Å². The number of oxime groups is 1. The van der Waals surface area contributed by atoms with Gasteiger partial charge < -0.3 is 26.1 Å². The third-order valence-electron chi connectivity index (χ3n) is 10.6. The molecule has 0 amide bonds. The predicted octanol–water partition coefficient (Wildman–Crippen LogP) is 4.40. The average Bonchev–Trinajstić information content (AvgIpc) is 3.08. The molecule has 0 aromatic rings. The second-order valence-electron chi connectivity index (χ2n) is 12.2. The predicted molar refractivity (Wildman–Crippen MR) is 137 cm³/mol. The first-order chi connectivity index (χ1) is 16.3. The number of ether oxygens (including phenoxy) is 1. The first-order valence-electron chi connectivity index (χ1n) is 13.9. The quantitative estimate of drug-likeness (QED) is 0.260. The summed E-state index contributed by atoms with van der Waals surface area (Å²) >= 11 is 0. The summed E-state index contributed by atoms with van der Waals surface area (Å²) in [7, 11) is 0. The van der Waals surface area contributed by atoms with Crippen LogP contribution in [0.2, 0.25) is 0 Å². The van der Waals surface area contributed by atoms with E-state index in [0.717, 1.165) is 56.6 Å². The average molecular weight is 476 g/mol. The number of allylic oxidation sites excluding steroid dienone is 2. The van der Waals surface area contributed by atoms with Gasteiger partial charge in [-0.2, -0.15) is 0 Å². The maximum atomic E-state index is 12.4. The molecule has 0 aromatic heterocycles. The minimum atomic E-state index is -0.562. The number of fused-ring (bicyclic) bond motifs is 5. The zero-order chi connectivity index (χ0) is 24.4. The van der Waals surface area contributed by atoms with Crippen LogP contribution in [0.15, 0.2) is 16.8 Å². The van der Waals surface area contributed by atoms with Gasteiger partial charge in [-0.15, -0.1) is 0 Å². The maximum absolute atomic E-state index is 12.4. The van der Waals surface area contributed by atoms with Gasteiger partial charge in [0, 0.05) is 18.6 Å². The highest BCUT2D eigenvalue weighted by Crippen LogP contribution is 2.69. The maximum Gasteiger partial charge on any atom is 0.129 e. The van der Waals surface area contributed by atoms with E-state index in [1.807, 2.05) is 0 Å². The van der Waals surface area contributed by atoms with Crippen LogP contribution in [-0.4, -0.2) is 49.3 Å². The molecule has 4 rings (SSSR count). The van der Waals surface area contributed by atoms with Crippen LogP contribution in [0.4, 0.5) is 0 Å². The van der Waals surface area contributed by atoms with Crippen LogP contribution in [0.3, 0.4) is 0 Å². The van der Waals surface area contributed by atoms with Crippen molar-refractivity contribution in [2.24, 2.45) is 51.1 Å². The molecule has 0 heterocycles. The van der Waals surface area contributed by atoms with E-state index >= 15 is 0 Å². The monoisotopic (exact) mass is 475 g/mol. The van der Waals surface area contributed by atoms with Crippen LogP contribution in [-0.2, 0) is 9.57 Å². The van der Waals surface area contributed by atoms with Crippen molar-refractivity contribution in [3.8, 4) is 0 Å². The molecule has 0 spiro atoms. The highest BCUT2D eigenvalue weighted by atomic mass is 16.6. The van der Waals surface area contributed by atoms with Gasteiger partial charge in [0.05, 0.1) is 17.9 Å². The number of hydrogen-bond acceptors (Lipinski definition) is 6. The van der Waals surface area contributed by atoms with Gasteiger partial charge in [0.15, 0.2) is 0 Å². The fourth-order valence-electron chi connectivity index (χ4n) is 8.57. The van der Waals surface area contributed by atoms with E-state index in [2.05, 4.69) is 32.0 Å². The van der Waals surface area contributed by atoms with Crippen molar-refractivity contribution >= 4 is 6.21 Å². The largest absolute Gasteiger partial charge is 0.394 e. The van der Waals surface area contributed by atoms with E-state index in [-0.39, 0.29) is 5.41 Å². The lowest BCUT2D eigenvalue weighted by molar-refractivity contribution is -0.209. The van der Waals surface area contributed by atoms with Crippen LogP contribution in [0.5, 0.6) is 0 Å². The smallest absolute Gasteiger partial charge is 0.129 e. The molecule has 4 aliphatic carbocycles. The minimum absolute atomic E-state index is 0.0624. The Morgan fingerprint density at radius 1 is 1.00 bits per heavy atom. The molecule has 6 nitrogen and oxygen atoms in total. The summed E-state index contributed by atoms with van der Waals surface area (Å²) in [6.07, 6.45) is 15.8. The Kier molecular flexibility index (Phi) is 8.13. The normalized spacial score (nSPS) is 44.5. The molecule has 0 bridgehead atoms. The van der Waals surface area contributed by atoms with Gasteiger partial charge in [0.25, 0.3) is 0 Å². The van der Waals surface area contributed by atoms with Crippen LogP contribution in [0, 0.1) is 34.5 Å². The van der Waals surface area contributed by atoms with Crippen molar-refractivity contribution in [2.45, 2.75) is 96.7 Å². The topological polar surface area (TPSA) is 103 Å². The first kappa shape index (κ1) is 26.1. The molecule has 194 valence electrons. The lowest BCUT2D eigenvalue weighted by Crippen LogP contribution is -2.62. The fourth-order valence-corrected chi connectivity index (χ4v) is 8.57. The van der Waals surface area contributed by atoms with Gasteiger partial charge in [-0.1, -0.05) is 25.1 Å². The molecule has 0 unspecified atom stereocenters.